The Hall–Kier alpha value is -7.88. The van der Waals surface area contributed by atoms with E-state index in [-0.39, 0.29) is 0 Å². The van der Waals surface area contributed by atoms with Crippen molar-refractivity contribution < 1.29 is 0 Å². The van der Waals surface area contributed by atoms with Gasteiger partial charge in [0.25, 0.3) is 0 Å². The molecule has 0 radical (unpaired) electrons. The largest absolute Gasteiger partial charge is 0.309 e. The molecule has 0 saturated carbocycles. The molecule has 3 aromatic heterocycles. The predicted octanol–water partition coefficient (Wildman–Crippen LogP) is 15.0. The van der Waals surface area contributed by atoms with Gasteiger partial charge in [-0.2, -0.15) is 0 Å². The summed E-state index contributed by atoms with van der Waals surface area (Å²) in [5.41, 5.74) is 13.2. The highest BCUT2D eigenvalue weighted by Crippen LogP contribution is 2.44. The third kappa shape index (κ3) is 4.58. The fourth-order valence-electron chi connectivity index (χ4n) is 10.1. The number of hydrogen-bond acceptors (Lipinski definition) is 0. The fourth-order valence-corrected chi connectivity index (χ4v) is 10.1. The predicted molar refractivity (Wildman–Crippen MR) is 250 cm³/mol. The monoisotopic (exact) mass is 749 g/mol. The lowest BCUT2D eigenvalue weighted by Gasteiger charge is -2.13. The smallest absolute Gasteiger partial charge is 0.0641 e. The van der Waals surface area contributed by atoms with Crippen LogP contribution in [0.25, 0.3) is 115 Å². The molecule has 0 unspecified atom stereocenters. The Labute approximate surface area is 339 Å². The van der Waals surface area contributed by atoms with Gasteiger partial charge in [-0.15, -0.1) is 0 Å². The molecule has 0 aliphatic heterocycles. The van der Waals surface area contributed by atoms with Gasteiger partial charge in [-0.25, -0.2) is 0 Å². The van der Waals surface area contributed by atoms with Gasteiger partial charge in [-0.1, -0.05) is 146 Å². The summed E-state index contributed by atoms with van der Waals surface area (Å²) in [5, 5.41) is 12.4. The van der Waals surface area contributed by atoms with Crippen LogP contribution in [-0.4, -0.2) is 13.7 Å². The molecule has 0 spiro atoms. The van der Waals surface area contributed by atoms with Crippen molar-refractivity contribution in [2.24, 2.45) is 0 Å². The quantitative estimate of drug-likeness (QED) is 0.170. The van der Waals surface area contributed by atoms with Crippen LogP contribution in [-0.2, 0) is 0 Å². The van der Waals surface area contributed by atoms with Gasteiger partial charge in [0.05, 0.1) is 44.5 Å². The summed E-state index contributed by atoms with van der Waals surface area (Å²) in [6.45, 7) is 0. The molecule has 10 aromatic carbocycles. The van der Waals surface area contributed by atoms with Crippen LogP contribution in [0, 0.1) is 0 Å². The fraction of sp³-hybridized carbons (Fsp3) is 0. The Balaban J connectivity index is 1.10. The Morgan fingerprint density at radius 3 is 1.41 bits per heavy atom. The van der Waals surface area contributed by atoms with Gasteiger partial charge in [0.1, 0.15) is 0 Å². The summed E-state index contributed by atoms with van der Waals surface area (Å²) in [4.78, 5) is 0. The van der Waals surface area contributed by atoms with Crippen molar-refractivity contribution in [1.29, 1.82) is 0 Å². The molecule has 0 saturated heterocycles. The molecule has 3 nitrogen and oxygen atoms in total. The van der Waals surface area contributed by atoms with Crippen molar-refractivity contribution in [2.45, 2.75) is 0 Å². The SMILES string of the molecule is c1ccc(-n2c3ccccc3c3c2ccc2c4cc(-c5ccc6c(c5)c5ccccc5n6-c5cccc6ccccc56)ccc4n(-c4cccc5ccccc45)c23)cc1. The van der Waals surface area contributed by atoms with Crippen LogP contribution in [0.1, 0.15) is 0 Å². The van der Waals surface area contributed by atoms with Gasteiger partial charge in [-0.05, 0) is 88.6 Å². The molecule has 0 bridgehead atoms. The van der Waals surface area contributed by atoms with E-state index in [0.29, 0.717) is 0 Å². The summed E-state index contributed by atoms with van der Waals surface area (Å²) >= 11 is 0. The van der Waals surface area contributed by atoms with Gasteiger partial charge in [0, 0.05) is 48.8 Å². The number of benzene rings is 10. The maximum Gasteiger partial charge on any atom is 0.0641 e. The standard InChI is InChI=1S/C56H35N3/c1-2-18-40(19-3-1)57-51-25-11-9-23-45(51)55-54(57)33-30-44-47-35-39(29-32-53(47)59(56(44)55)49-27-13-17-37-15-5-7-21-42(37)49)38-28-31-52-46(34-38)43-22-8-10-24-50(43)58(52)48-26-12-16-36-14-4-6-20-41(36)48/h1-35H. The first-order chi connectivity index (χ1) is 29.3. The second kappa shape index (κ2) is 12.3. The van der Waals surface area contributed by atoms with Gasteiger partial charge >= 0.3 is 0 Å². The van der Waals surface area contributed by atoms with Crippen LogP contribution in [0.5, 0.6) is 0 Å². The Kier molecular flexibility index (Phi) is 6.72. The van der Waals surface area contributed by atoms with Crippen molar-refractivity contribution in [2.75, 3.05) is 0 Å². The van der Waals surface area contributed by atoms with Gasteiger partial charge in [-0.3, -0.25) is 0 Å². The number of fused-ring (bicyclic) bond motifs is 12. The van der Waals surface area contributed by atoms with E-state index in [1.807, 2.05) is 0 Å². The molecule has 0 atom stereocenters. The van der Waals surface area contributed by atoms with Crippen LogP contribution in [0.4, 0.5) is 0 Å². The van der Waals surface area contributed by atoms with Crippen LogP contribution < -0.4 is 0 Å². The third-order valence-corrected chi connectivity index (χ3v) is 12.6. The second-order valence-electron chi connectivity index (χ2n) is 15.7. The first kappa shape index (κ1) is 32.2. The highest BCUT2D eigenvalue weighted by atomic mass is 15.0. The van der Waals surface area contributed by atoms with Gasteiger partial charge < -0.3 is 13.7 Å². The minimum absolute atomic E-state index is 1.16. The van der Waals surface area contributed by atoms with E-state index in [1.165, 1.54) is 109 Å². The Bertz CT molecular complexity index is 3830. The lowest BCUT2D eigenvalue weighted by molar-refractivity contribution is 1.18. The average molecular weight is 750 g/mol. The normalized spacial score (nSPS) is 12.1. The molecule has 3 heterocycles. The minimum Gasteiger partial charge on any atom is -0.309 e. The van der Waals surface area contributed by atoms with Gasteiger partial charge in [0.15, 0.2) is 0 Å². The second-order valence-corrected chi connectivity index (χ2v) is 15.7. The van der Waals surface area contributed by atoms with Crippen molar-refractivity contribution in [3.63, 3.8) is 0 Å². The molecule has 0 aliphatic carbocycles. The molecule has 3 heteroatoms. The summed E-state index contributed by atoms with van der Waals surface area (Å²) in [6.07, 6.45) is 0. The zero-order valence-corrected chi connectivity index (χ0v) is 32.0. The highest BCUT2D eigenvalue weighted by molar-refractivity contribution is 6.27. The molecule has 0 amide bonds. The summed E-state index contributed by atoms with van der Waals surface area (Å²) in [5.74, 6) is 0. The van der Waals surface area contributed by atoms with E-state index in [0.717, 1.165) is 5.69 Å². The summed E-state index contributed by atoms with van der Waals surface area (Å²) in [6, 6.07) is 78.0. The maximum absolute atomic E-state index is 2.53. The highest BCUT2D eigenvalue weighted by Gasteiger charge is 2.22. The number of hydrogen-bond donors (Lipinski definition) is 0. The number of para-hydroxylation sites is 3. The van der Waals surface area contributed by atoms with E-state index < -0.39 is 0 Å². The molecular formula is C56H35N3. The molecule has 13 aromatic rings. The van der Waals surface area contributed by atoms with Crippen molar-refractivity contribution >= 4 is 87.0 Å². The summed E-state index contributed by atoms with van der Waals surface area (Å²) in [7, 11) is 0. The van der Waals surface area contributed by atoms with E-state index in [4.69, 9.17) is 0 Å². The number of nitrogens with zero attached hydrogens (tertiary/aromatic N) is 3. The Morgan fingerprint density at radius 1 is 0.254 bits per heavy atom. The maximum atomic E-state index is 2.53. The van der Waals surface area contributed by atoms with Crippen LogP contribution in [0.3, 0.4) is 0 Å². The van der Waals surface area contributed by atoms with Crippen molar-refractivity contribution in [1.82, 2.24) is 13.7 Å². The van der Waals surface area contributed by atoms with E-state index in [2.05, 4.69) is 226 Å². The molecule has 0 aliphatic rings. The molecule has 274 valence electrons. The minimum atomic E-state index is 1.16. The first-order valence-corrected chi connectivity index (χ1v) is 20.4. The average Bonchev–Trinajstić information content (AvgIpc) is 3.94. The summed E-state index contributed by atoms with van der Waals surface area (Å²) < 4.78 is 7.39. The first-order valence-electron chi connectivity index (χ1n) is 20.4. The zero-order chi connectivity index (χ0) is 38.6. The van der Waals surface area contributed by atoms with Crippen molar-refractivity contribution in [3.8, 4) is 28.2 Å². The molecular weight excluding hydrogens is 715 g/mol. The molecule has 0 fully saturated rings. The van der Waals surface area contributed by atoms with Gasteiger partial charge in [0.2, 0.25) is 0 Å². The van der Waals surface area contributed by atoms with Crippen LogP contribution >= 0.6 is 0 Å². The van der Waals surface area contributed by atoms with Crippen molar-refractivity contribution in [3.05, 3.63) is 212 Å². The number of aromatic nitrogens is 3. The van der Waals surface area contributed by atoms with E-state index >= 15 is 0 Å². The number of rotatable bonds is 4. The van der Waals surface area contributed by atoms with Crippen LogP contribution in [0.15, 0.2) is 212 Å². The lowest BCUT2D eigenvalue weighted by Crippen LogP contribution is -1.96. The molecule has 0 N–H and O–H groups in total. The van der Waals surface area contributed by atoms with E-state index in [1.54, 1.807) is 0 Å². The lowest BCUT2D eigenvalue weighted by atomic mass is 10.00. The molecule has 13 rings (SSSR count). The topological polar surface area (TPSA) is 14.8 Å². The van der Waals surface area contributed by atoms with E-state index in [9.17, 15) is 0 Å². The Morgan fingerprint density at radius 2 is 0.729 bits per heavy atom. The zero-order valence-electron chi connectivity index (χ0n) is 32.0. The molecule has 59 heavy (non-hydrogen) atoms. The van der Waals surface area contributed by atoms with Crippen LogP contribution in [0.2, 0.25) is 0 Å². The third-order valence-electron chi connectivity index (χ3n) is 12.6.